The molecule has 0 saturated heterocycles. The average Bonchev–Trinajstić information content (AvgIpc) is 2.49. The second kappa shape index (κ2) is 4.41. The average molecular weight is 311 g/mol. The number of urea groups is 1. The Hall–Kier alpha value is -1.89. The zero-order chi connectivity index (χ0) is 13.4. The van der Waals surface area contributed by atoms with Crippen molar-refractivity contribution < 1.29 is 9.90 Å². The van der Waals surface area contributed by atoms with E-state index < -0.39 is 6.03 Å². The number of carbonyl (C=O) groups is 1. The fourth-order valence-electron chi connectivity index (χ4n) is 1.94. The SMILES string of the molecule is Cc1cc(Br)cc2c(N=NC(N)=O)c(O)n(C)c12. The number of azo groups is 1. The maximum Gasteiger partial charge on any atom is 0.356 e. The van der Waals surface area contributed by atoms with Crippen LogP contribution in [0.15, 0.2) is 26.8 Å². The number of aryl methyl sites for hydroxylation is 2. The molecule has 6 nitrogen and oxygen atoms in total. The molecule has 2 aromatic rings. The lowest BCUT2D eigenvalue weighted by molar-refractivity contribution is 0.255. The number of halogens is 1. The molecule has 1 heterocycles. The third-order valence-electron chi connectivity index (χ3n) is 2.63. The molecule has 0 saturated carbocycles. The number of hydrogen-bond acceptors (Lipinski definition) is 3. The molecule has 3 N–H and O–H groups in total. The van der Waals surface area contributed by atoms with Crippen molar-refractivity contribution in [1.29, 1.82) is 0 Å². The minimum absolute atomic E-state index is 0.0591. The molecule has 94 valence electrons. The van der Waals surface area contributed by atoms with Crippen LogP contribution in [0.5, 0.6) is 5.88 Å². The number of amides is 2. The molecule has 0 radical (unpaired) electrons. The lowest BCUT2D eigenvalue weighted by Crippen LogP contribution is -2.01. The summed E-state index contributed by atoms with van der Waals surface area (Å²) in [5, 5.41) is 17.6. The number of aromatic hydroxyl groups is 1. The Labute approximate surface area is 111 Å². The van der Waals surface area contributed by atoms with E-state index in [1.165, 1.54) is 0 Å². The van der Waals surface area contributed by atoms with Crippen molar-refractivity contribution in [2.45, 2.75) is 6.92 Å². The van der Waals surface area contributed by atoms with Crippen molar-refractivity contribution in [2.75, 3.05) is 0 Å². The van der Waals surface area contributed by atoms with E-state index in [4.69, 9.17) is 5.73 Å². The topological polar surface area (TPSA) is 93.0 Å². The van der Waals surface area contributed by atoms with Crippen LogP contribution in [-0.4, -0.2) is 15.7 Å². The second-order valence-electron chi connectivity index (χ2n) is 3.89. The summed E-state index contributed by atoms with van der Waals surface area (Å²) in [5.74, 6) is -0.0591. The number of nitrogens with two attached hydrogens (primary N) is 1. The highest BCUT2D eigenvalue weighted by Crippen LogP contribution is 2.40. The first kappa shape index (κ1) is 12.6. The Morgan fingerprint density at radius 2 is 2.17 bits per heavy atom. The second-order valence-corrected chi connectivity index (χ2v) is 4.80. The van der Waals surface area contributed by atoms with Gasteiger partial charge in [0.15, 0.2) is 5.69 Å². The van der Waals surface area contributed by atoms with Crippen LogP contribution < -0.4 is 5.73 Å². The molecular formula is C11H11BrN4O2. The van der Waals surface area contributed by atoms with E-state index in [1.807, 2.05) is 13.0 Å². The zero-order valence-corrected chi connectivity index (χ0v) is 11.4. The normalized spacial score (nSPS) is 11.5. The molecule has 2 amide bonds. The summed E-state index contributed by atoms with van der Waals surface area (Å²) in [4.78, 5) is 10.6. The lowest BCUT2D eigenvalue weighted by Gasteiger charge is -2.01. The maximum absolute atomic E-state index is 10.6. The molecule has 0 unspecified atom stereocenters. The van der Waals surface area contributed by atoms with E-state index in [0.29, 0.717) is 5.39 Å². The molecule has 0 aliphatic rings. The number of nitrogens with zero attached hydrogens (tertiary/aromatic N) is 3. The van der Waals surface area contributed by atoms with Crippen molar-refractivity contribution >= 4 is 38.6 Å². The fourth-order valence-corrected chi connectivity index (χ4v) is 2.52. The van der Waals surface area contributed by atoms with Gasteiger partial charge in [-0.05, 0) is 24.6 Å². The zero-order valence-electron chi connectivity index (χ0n) is 9.81. The summed E-state index contributed by atoms with van der Waals surface area (Å²) < 4.78 is 2.44. The van der Waals surface area contributed by atoms with Crippen molar-refractivity contribution in [1.82, 2.24) is 4.57 Å². The lowest BCUT2D eigenvalue weighted by atomic mass is 10.1. The van der Waals surface area contributed by atoms with Gasteiger partial charge in [0.1, 0.15) is 0 Å². The maximum atomic E-state index is 10.6. The first-order valence-electron chi connectivity index (χ1n) is 5.10. The predicted octanol–water partition coefficient (Wildman–Crippen LogP) is 3.12. The van der Waals surface area contributed by atoms with Gasteiger partial charge in [-0.25, -0.2) is 4.79 Å². The molecule has 1 aromatic heterocycles. The molecule has 0 aliphatic heterocycles. The highest BCUT2D eigenvalue weighted by atomic mass is 79.9. The first-order chi connectivity index (χ1) is 8.41. The van der Waals surface area contributed by atoms with Crippen molar-refractivity contribution in [3.63, 3.8) is 0 Å². The highest BCUT2D eigenvalue weighted by Gasteiger charge is 2.16. The molecule has 7 heteroatoms. The van der Waals surface area contributed by atoms with Gasteiger partial charge in [0.25, 0.3) is 0 Å². The smallest absolute Gasteiger partial charge is 0.356 e. The van der Waals surface area contributed by atoms with E-state index >= 15 is 0 Å². The third kappa shape index (κ3) is 1.97. The van der Waals surface area contributed by atoms with E-state index in [9.17, 15) is 9.90 Å². The van der Waals surface area contributed by atoms with Gasteiger partial charge in [-0.2, -0.15) is 0 Å². The van der Waals surface area contributed by atoms with Gasteiger partial charge in [-0.3, -0.25) is 0 Å². The van der Waals surface area contributed by atoms with E-state index in [2.05, 4.69) is 26.2 Å². The monoisotopic (exact) mass is 310 g/mol. The summed E-state index contributed by atoms with van der Waals surface area (Å²) >= 11 is 3.38. The summed E-state index contributed by atoms with van der Waals surface area (Å²) in [6, 6.07) is 2.83. The fraction of sp³-hybridized carbons (Fsp3) is 0.182. The Balaban J connectivity index is 2.81. The number of hydrogen-bond donors (Lipinski definition) is 2. The minimum Gasteiger partial charge on any atom is -0.493 e. The predicted molar refractivity (Wildman–Crippen MR) is 71.1 cm³/mol. The third-order valence-corrected chi connectivity index (χ3v) is 3.09. The van der Waals surface area contributed by atoms with Crippen LogP contribution in [0.4, 0.5) is 10.5 Å². The van der Waals surface area contributed by atoms with Gasteiger partial charge in [-0.1, -0.05) is 21.0 Å². The van der Waals surface area contributed by atoms with E-state index in [-0.39, 0.29) is 11.6 Å². The molecule has 1 aromatic carbocycles. The number of primary amides is 1. The van der Waals surface area contributed by atoms with Crippen LogP contribution in [-0.2, 0) is 7.05 Å². The summed E-state index contributed by atoms with van der Waals surface area (Å²) in [5.41, 5.74) is 6.93. The number of benzene rings is 1. The highest BCUT2D eigenvalue weighted by molar-refractivity contribution is 9.10. The molecular weight excluding hydrogens is 300 g/mol. The summed E-state index contributed by atoms with van der Waals surface area (Å²) in [7, 11) is 1.71. The van der Waals surface area contributed by atoms with Gasteiger partial charge < -0.3 is 15.4 Å². The van der Waals surface area contributed by atoms with Crippen LogP contribution >= 0.6 is 15.9 Å². The molecule has 0 atom stereocenters. The van der Waals surface area contributed by atoms with Gasteiger partial charge in [0, 0.05) is 16.9 Å². The van der Waals surface area contributed by atoms with Crippen LogP contribution in [0.25, 0.3) is 10.9 Å². The molecule has 0 spiro atoms. The quantitative estimate of drug-likeness (QED) is 0.792. The number of rotatable bonds is 1. The van der Waals surface area contributed by atoms with Gasteiger partial charge in [0.05, 0.1) is 5.52 Å². The first-order valence-corrected chi connectivity index (χ1v) is 5.89. The molecule has 0 aliphatic carbocycles. The minimum atomic E-state index is -0.905. The van der Waals surface area contributed by atoms with E-state index in [0.717, 1.165) is 15.6 Å². The number of carbonyl (C=O) groups excluding carboxylic acids is 1. The van der Waals surface area contributed by atoms with Crippen molar-refractivity contribution in [3.05, 3.63) is 22.2 Å². The standard InChI is InChI=1S/C11H11BrN4O2/c1-5-3-6(12)4-7-8(14-15-11(13)18)10(17)16(2)9(5)7/h3-4,17H,1-2H3,(H2,13,18). The van der Waals surface area contributed by atoms with Gasteiger partial charge in [-0.15, -0.1) is 5.11 Å². The Bertz CT molecular complexity index is 675. The van der Waals surface area contributed by atoms with Gasteiger partial charge >= 0.3 is 6.03 Å². The number of fused-ring (bicyclic) bond motifs is 1. The summed E-state index contributed by atoms with van der Waals surface area (Å²) in [6.07, 6.45) is 0. The van der Waals surface area contributed by atoms with Crippen molar-refractivity contribution in [2.24, 2.45) is 23.0 Å². The van der Waals surface area contributed by atoms with Crippen LogP contribution in [0.2, 0.25) is 0 Å². The van der Waals surface area contributed by atoms with E-state index in [1.54, 1.807) is 17.7 Å². The van der Waals surface area contributed by atoms with Crippen molar-refractivity contribution in [3.8, 4) is 5.88 Å². The Morgan fingerprint density at radius 1 is 1.50 bits per heavy atom. The van der Waals surface area contributed by atoms with Crippen LogP contribution in [0.1, 0.15) is 5.56 Å². The molecule has 0 bridgehead atoms. The van der Waals surface area contributed by atoms with Crippen LogP contribution in [0.3, 0.4) is 0 Å². The summed E-state index contributed by atoms with van der Waals surface area (Å²) in [6.45, 7) is 1.92. The largest absolute Gasteiger partial charge is 0.493 e. The molecule has 18 heavy (non-hydrogen) atoms. The van der Waals surface area contributed by atoms with Crippen LogP contribution in [0, 0.1) is 6.92 Å². The Kier molecular flexibility index (Phi) is 3.08. The number of aromatic nitrogens is 1. The van der Waals surface area contributed by atoms with Gasteiger partial charge in [0.2, 0.25) is 5.88 Å². The Morgan fingerprint density at radius 3 is 2.78 bits per heavy atom. The molecule has 0 fully saturated rings. The molecule has 2 rings (SSSR count).